The number of alkyl halides is 4. The maximum absolute atomic E-state index is 12.5. The van der Waals surface area contributed by atoms with Gasteiger partial charge in [0.15, 0.2) is 0 Å². The molecule has 2 aromatic carbocycles. The van der Waals surface area contributed by atoms with Crippen molar-refractivity contribution in [2.75, 3.05) is 6.54 Å². The Morgan fingerprint density at radius 2 is 1.70 bits per heavy atom. The summed E-state index contributed by atoms with van der Waals surface area (Å²) in [5.41, 5.74) is 1.18. The van der Waals surface area contributed by atoms with E-state index in [2.05, 4.69) is 14.8 Å². The number of ether oxygens (including phenoxy) is 2. The zero-order chi connectivity index (χ0) is 19.6. The van der Waals surface area contributed by atoms with Gasteiger partial charge >= 0.3 is 13.2 Å². The molecule has 2 rings (SSSR count). The van der Waals surface area contributed by atoms with Gasteiger partial charge < -0.3 is 14.8 Å². The fourth-order valence-corrected chi connectivity index (χ4v) is 2.23. The molecule has 0 aliphatic rings. The summed E-state index contributed by atoms with van der Waals surface area (Å²) in [5, 5.41) is 2.66. The molecular formula is C19H17F4NO3. The van der Waals surface area contributed by atoms with Crippen LogP contribution >= 0.6 is 0 Å². The molecule has 1 amide bonds. The van der Waals surface area contributed by atoms with E-state index >= 15 is 0 Å². The third-order valence-corrected chi connectivity index (χ3v) is 3.40. The molecule has 0 saturated carbocycles. The molecule has 0 unspecified atom stereocenters. The van der Waals surface area contributed by atoms with Crippen LogP contribution in [0.15, 0.2) is 54.6 Å². The molecule has 1 N–H and O–H groups in total. The topological polar surface area (TPSA) is 47.6 Å². The van der Waals surface area contributed by atoms with Crippen LogP contribution in [0.1, 0.15) is 11.1 Å². The Kier molecular flexibility index (Phi) is 7.66. The fraction of sp³-hybridized carbons (Fsp3) is 0.211. The molecule has 0 spiro atoms. The maximum atomic E-state index is 12.5. The van der Waals surface area contributed by atoms with E-state index in [9.17, 15) is 22.4 Å². The minimum Gasteiger partial charge on any atom is -0.435 e. The van der Waals surface area contributed by atoms with Gasteiger partial charge in [0.2, 0.25) is 5.91 Å². The largest absolute Gasteiger partial charge is 0.435 e. The van der Waals surface area contributed by atoms with Crippen molar-refractivity contribution in [1.29, 1.82) is 0 Å². The summed E-state index contributed by atoms with van der Waals surface area (Å²) in [7, 11) is 0. The van der Waals surface area contributed by atoms with Gasteiger partial charge in [0, 0.05) is 24.3 Å². The lowest BCUT2D eigenvalue weighted by molar-refractivity contribution is -0.116. The third-order valence-electron chi connectivity index (χ3n) is 3.40. The van der Waals surface area contributed by atoms with Gasteiger partial charge in [0.05, 0.1) is 0 Å². The molecule has 27 heavy (non-hydrogen) atoms. The van der Waals surface area contributed by atoms with E-state index in [-0.39, 0.29) is 17.1 Å². The molecule has 0 atom stereocenters. The van der Waals surface area contributed by atoms with Gasteiger partial charge in [-0.15, -0.1) is 0 Å². The van der Waals surface area contributed by atoms with Crippen molar-refractivity contribution < 1.29 is 31.8 Å². The van der Waals surface area contributed by atoms with Crippen molar-refractivity contribution in [3.63, 3.8) is 0 Å². The van der Waals surface area contributed by atoms with E-state index in [1.54, 1.807) is 0 Å². The molecule has 0 aliphatic heterocycles. The first-order chi connectivity index (χ1) is 12.9. The number of nitrogens with one attached hydrogen (secondary N) is 1. The lowest BCUT2D eigenvalue weighted by Crippen LogP contribution is -2.23. The number of amides is 1. The van der Waals surface area contributed by atoms with Gasteiger partial charge in [-0.2, -0.15) is 17.6 Å². The Bertz CT molecular complexity index is 767. The minimum absolute atomic E-state index is 0.120. The monoisotopic (exact) mass is 383 g/mol. The standard InChI is InChI=1S/C19H17F4NO3/c20-18(21)26-15-8-6-14(16(12-15)27-19(22)23)7-9-17(25)24-11-10-13-4-2-1-3-5-13/h1-9,12,18-19H,10-11H2,(H,24,25)/b9-7+. The summed E-state index contributed by atoms with van der Waals surface area (Å²) in [5.74, 6) is -1.14. The van der Waals surface area contributed by atoms with Crippen LogP contribution < -0.4 is 14.8 Å². The van der Waals surface area contributed by atoms with Crippen molar-refractivity contribution in [1.82, 2.24) is 5.32 Å². The summed E-state index contributed by atoms with van der Waals surface area (Å²) in [6.07, 6.45) is 3.04. The Labute approximate surface area is 153 Å². The van der Waals surface area contributed by atoms with Gasteiger partial charge in [0.1, 0.15) is 11.5 Å². The van der Waals surface area contributed by atoms with E-state index in [4.69, 9.17) is 0 Å². The highest BCUT2D eigenvalue weighted by molar-refractivity contribution is 5.92. The number of carbonyl (C=O) groups excluding carboxylic acids is 1. The number of benzene rings is 2. The lowest BCUT2D eigenvalue weighted by Gasteiger charge is -2.11. The zero-order valence-electron chi connectivity index (χ0n) is 14.1. The minimum atomic E-state index is -3.15. The van der Waals surface area contributed by atoms with Crippen LogP contribution in [0.25, 0.3) is 6.08 Å². The van der Waals surface area contributed by atoms with Crippen LogP contribution in [-0.4, -0.2) is 25.7 Å². The zero-order valence-corrected chi connectivity index (χ0v) is 14.1. The first-order valence-electron chi connectivity index (χ1n) is 7.97. The van der Waals surface area contributed by atoms with Crippen LogP contribution in [0.2, 0.25) is 0 Å². The average Bonchev–Trinajstić information content (AvgIpc) is 2.61. The Hall–Kier alpha value is -3.03. The Morgan fingerprint density at radius 3 is 2.37 bits per heavy atom. The highest BCUT2D eigenvalue weighted by Crippen LogP contribution is 2.28. The third kappa shape index (κ3) is 7.39. The molecule has 2 aromatic rings. The second-order valence-electron chi connectivity index (χ2n) is 5.32. The summed E-state index contributed by atoms with van der Waals surface area (Å²) >= 11 is 0. The second kappa shape index (κ2) is 10.2. The molecule has 0 fully saturated rings. The molecule has 0 saturated heterocycles. The fourth-order valence-electron chi connectivity index (χ4n) is 2.23. The normalized spacial score (nSPS) is 11.2. The number of halogens is 4. The Morgan fingerprint density at radius 1 is 1.00 bits per heavy atom. The number of hydrogen-bond acceptors (Lipinski definition) is 3. The van der Waals surface area contributed by atoms with Crippen molar-refractivity contribution in [3.05, 3.63) is 65.7 Å². The van der Waals surface area contributed by atoms with E-state index in [1.807, 2.05) is 30.3 Å². The molecule has 4 nitrogen and oxygen atoms in total. The van der Waals surface area contributed by atoms with Crippen LogP contribution in [0.4, 0.5) is 17.6 Å². The maximum Gasteiger partial charge on any atom is 0.387 e. The number of rotatable bonds is 9. The van der Waals surface area contributed by atoms with E-state index < -0.39 is 19.1 Å². The van der Waals surface area contributed by atoms with Gasteiger partial charge in [-0.05, 0) is 30.2 Å². The number of carbonyl (C=O) groups is 1. The molecular weight excluding hydrogens is 366 g/mol. The van der Waals surface area contributed by atoms with Gasteiger partial charge in [0.25, 0.3) is 0 Å². The van der Waals surface area contributed by atoms with E-state index in [0.29, 0.717) is 13.0 Å². The smallest absolute Gasteiger partial charge is 0.387 e. The Balaban J connectivity index is 1.97. The highest BCUT2D eigenvalue weighted by Gasteiger charge is 2.12. The first-order valence-corrected chi connectivity index (χ1v) is 7.97. The van der Waals surface area contributed by atoms with Gasteiger partial charge in [-0.25, -0.2) is 0 Å². The first kappa shape index (κ1) is 20.3. The van der Waals surface area contributed by atoms with Crippen LogP contribution in [0.3, 0.4) is 0 Å². The van der Waals surface area contributed by atoms with Gasteiger partial charge in [-0.3, -0.25) is 4.79 Å². The van der Waals surface area contributed by atoms with Crippen LogP contribution in [0, 0.1) is 0 Å². The van der Waals surface area contributed by atoms with E-state index in [1.165, 1.54) is 12.1 Å². The van der Waals surface area contributed by atoms with E-state index in [0.717, 1.165) is 23.8 Å². The predicted octanol–water partition coefficient (Wildman–Crippen LogP) is 4.26. The molecule has 0 heterocycles. The summed E-state index contributed by atoms with van der Waals surface area (Å²) in [6.45, 7) is -5.85. The summed E-state index contributed by atoms with van der Waals surface area (Å²) < 4.78 is 57.9. The quantitative estimate of drug-likeness (QED) is 0.520. The molecule has 0 aromatic heterocycles. The summed E-state index contributed by atoms with van der Waals surface area (Å²) in [4.78, 5) is 11.8. The molecule has 0 aliphatic carbocycles. The highest BCUT2D eigenvalue weighted by atomic mass is 19.3. The molecule has 0 bridgehead atoms. The van der Waals surface area contributed by atoms with Crippen LogP contribution in [0.5, 0.6) is 11.5 Å². The van der Waals surface area contributed by atoms with Crippen molar-refractivity contribution in [2.45, 2.75) is 19.6 Å². The summed E-state index contributed by atoms with van der Waals surface area (Å²) in [6, 6.07) is 12.8. The molecule has 144 valence electrons. The predicted molar refractivity (Wildman–Crippen MR) is 91.9 cm³/mol. The van der Waals surface area contributed by atoms with Gasteiger partial charge in [-0.1, -0.05) is 30.3 Å². The number of hydrogen-bond donors (Lipinski definition) is 1. The van der Waals surface area contributed by atoms with Crippen LogP contribution in [-0.2, 0) is 11.2 Å². The van der Waals surface area contributed by atoms with Crippen molar-refractivity contribution >= 4 is 12.0 Å². The molecule has 0 radical (unpaired) electrons. The average molecular weight is 383 g/mol. The van der Waals surface area contributed by atoms with Crippen molar-refractivity contribution in [2.24, 2.45) is 0 Å². The lowest BCUT2D eigenvalue weighted by atomic mass is 10.1. The van der Waals surface area contributed by atoms with Crippen molar-refractivity contribution in [3.8, 4) is 11.5 Å². The second-order valence-corrected chi connectivity index (χ2v) is 5.32. The molecule has 8 heteroatoms. The SMILES string of the molecule is O=C(/C=C/c1ccc(OC(F)F)cc1OC(F)F)NCCc1ccccc1.